The number of carboxylic acid groups (broad SMARTS) is 1. The molecule has 1 aliphatic rings. The van der Waals surface area contributed by atoms with Crippen LogP contribution < -0.4 is 4.90 Å². The maximum absolute atomic E-state index is 12.5. The van der Waals surface area contributed by atoms with Gasteiger partial charge in [-0.05, 0) is 51.5 Å². The largest absolute Gasteiger partial charge is 0.481 e. The highest BCUT2D eigenvalue weighted by molar-refractivity contribution is 5.95. The molecule has 1 fully saturated rings. The van der Waals surface area contributed by atoms with Crippen molar-refractivity contribution in [3.05, 3.63) is 29.8 Å². The first-order chi connectivity index (χ1) is 10.4. The van der Waals surface area contributed by atoms with Crippen LogP contribution in [0.25, 0.3) is 0 Å². The summed E-state index contributed by atoms with van der Waals surface area (Å²) in [5.41, 5.74) is 0.889. The quantitative estimate of drug-likeness (QED) is 0.908. The number of rotatable bonds is 5. The van der Waals surface area contributed by atoms with Crippen molar-refractivity contribution < 1.29 is 14.7 Å². The molecule has 1 aromatic rings. The van der Waals surface area contributed by atoms with Crippen LogP contribution in [0.5, 0.6) is 0 Å². The average Bonchev–Trinajstić information content (AvgIpc) is 2.92. The number of carbonyl (C=O) groups excluding carboxylic acids is 1. The molecule has 1 saturated heterocycles. The number of anilines is 1. The molecule has 0 bridgehead atoms. The first-order valence-electron chi connectivity index (χ1n) is 7.79. The summed E-state index contributed by atoms with van der Waals surface area (Å²) in [6, 6.07) is 7.55. The van der Waals surface area contributed by atoms with E-state index in [2.05, 4.69) is 18.7 Å². The zero-order valence-corrected chi connectivity index (χ0v) is 13.5. The molecule has 1 atom stereocenters. The number of carbonyl (C=O) groups is 2. The second kappa shape index (κ2) is 6.38. The van der Waals surface area contributed by atoms with Crippen LogP contribution in [0.3, 0.4) is 0 Å². The Hall–Kier alpha value is -2.04. The summed E-state index contributed by atoms with van der Waals surface area (Å²) in [5, 5.41) is 9.25. The average molecular weight is 304 g/mol. The van der Waals surface area contributed by atoms with Gasteiger partial charge in [-0.2, -0.15) is 0 Å². The molecule has 5 heteroatoms. The second-order valence-electron chi connectivity index (χ2n) is 6.06. The SMILES string of the molecule is CCN(CC)c1ccc(C(=O)N2CCC(C)(C(=O)O)C2)cc1. The van der Waals surface area contributed by atoms with E-state index >= 15 is 0 Å². The number of likely N-dealkylation sites (tertiary alicyclic amines) is 1. The van der Waals surface area contributed by atoms with Gasteiger partial charge in [0.2, 0.25) is 0 Å². The third-order valence-corrected chi connectivity index (χ3v) is 4.52. The van der Waals surface area contributed by atoms with Crippen molar-refractivity contribution in [2.45, 2.75) is 27.2 Å². The van der Waals surface area contributed by atoms with Crippen molar-refractivity contribution in [3.63, 3.8) is 0 Å². The molecule has 1 aliphatic heterocycles. The Balaban J connectivity index is 2.09. The van der Waals surface area contributed by atoms with Crippen LogP contribution in [-0.2, 0) is 4.79 Å². The molecule has 1 N–H and O–H groups in total. The maximum Gasteiger partial charge on any atom is 0.311 e. The lowest BCUT2D eigenvalue weighted by Gasteiger charge is -2.22. The van der Waals surface area contributed by atoms with Gasteiger partial charge in [-0.1, -0.05) is 0 Å². The molecule has 5 nitrogen and oxygen atoms in total. The minimum absolute atomic E-state index is 0.0870. The van der Waals surface area contributed by atoms with Crippen molar-refractivity contribution in [2.24, 2.45) is 5.41 Å². The second-order valence-corrected chi connectivity index (χ2v) is 6.06. The summed E-state index contributed by atoms with van der Waals surface area (Å²) < 4.78 is 0. The number of nitrogens with zero attached hydrogens (tertiary/aromatic N) is 2. The molecule has 0 saturated carbocycles. The number of aliphatic carboxylic acids is 1. The zero-order valence-electron chi connectivity index (χ0n) is 13.5. The summed E-state index contributed by atoms with van der Waals surface area (Å²) >= 11 is 0. The molecular weight excluding hydrogens is 280 g/mol. The summed E-state index contributed by atoms with van der Waals surface area (Å²) in [6.07, 6.45) is 0.506. The minimum Gasteiger partial charge on any atom is -0.481 e. The lowest BCUT2D eigenvalue weighted by Crippen LogP contribution is -2.34. The van der Waals surface area contributed by atoms with Gasteiger partial charge in [0, 0.05) is 37.4 Å². The first-order valence-corrected chi connectivity index (χ1v) is 7.79. The molecule has 0 spiro atoms. The van der Waals surface area contributed by atoms with Crippen LogP contribution in [-0.4, -0.2) is 48.1 Å². The normalized spacial score (nSPS) is 21.0. The molecular formula is C17H24N2O3. The van der Waals surface area contributed by atoms with E-state index in [4.69, 9.17) is 0 Å². The lowest BCUT2D eigenvalue weighted by molar-refractivity contribution is -0.147. The molecule has 120 valence electrons. The third-order valence-electron chi connectivity index (χ3n) is 4.52. The molecule has 0 aromatic heterocycles. The fourth-order valence-electron chi connectivity index (χ4n) is 2.90. The number of amides is 1. The van der Waals surface area contributed by atoms with E-state index in [1.165, 1.54) is 0 Å². The monoisotopic (exact) mass is 304 g/mol. The lowest BCUT2D eigenvalue weighted by atomic mass is 9.90. The molecule has 1 amide bonds. The van der Waals surface area contributed by atoms with Crippen LogP contribution >= 0.6 is 0 Å². The Morgan fingerprint density at radius 2 is 1.82 bits per heavy atom. The Morgan fingerprint density at radius 3 is 2.27 bits per heavy atom. The first kappa shape index (κ1) is 16.3. The van der Waals surface area contributed by atoms with E-state index in [0.717, 1.165) is 18.8 Å². The van der Waals surface area contributed by atoms with Crippen LogP contribution in [0, 0.1) is 5.41 Å². The van der Waals surface area contributed by atoms with Crippen molar-refractivity contribution in [3.8, 4) is 0 Å². The topological polar surface area (TPSA) is 60.9 Å². The van der Waals surface area contributed by atoms with Crippen molar-refractivity contribution >= 4 is 17.6 Å². The van der Waals surface area contributed by atoms with Crippen LogP contribution in [0.4, 0.5) is 5.69 Å². The van der Waals surface area contributed by atoms with E-state index in [9.17, 15) is 14.7 Å². The van der Waals surface area contributed by atoms with Gasteiger partial charge >= 0.3 is 5.97 Å². The standard InChI is InChI=1S/C17H24N2O3/c1-4-18(5-2)14-8-6-13(7-9-14)15(20)19-11-10-17(3,12-19)16(21)22/h6-9H,4-5,10-12H2,1-3H3,(H,21,22). The fraction of sp³-hybridized carbons (Fsp3) is 0.529. The number of carboxylic acids is 1. The molecule has 1 heterocycles. The zero-order chi connectivity index (χ0) is 16.3. The smallest absolute Gasteiger partial charge is 0.311 e. The molecule has 0 radical (unpaired) electrons. The van der Waals surface area contributed by atoms with Gasteiger partial charge < -0.3 is 14.9 Å². The van der Waals surface area contributed by atoms with Crippen molar-refractivity contribution in [2.75, 3.05) is 31.1 Å². The van der Waals surface area contributed by atoms with Gasteiger partial charge in [0.05, 0.1) is 5.41 Å². The fourth-order valence-corrected chi connectivity index (χ4v) is 2.90. The molecule has 1 aromatic carbocycles. The van der Waals surface area contributed by atoms with E-state index in [0.29, 0.717) is 18.5 Å². The van der Waals surface area contributed by atoms with Gasteiger partial charge in [-0.15, -0.1) is 0 Å². The number of benzene rings is 1. The Kier molecular flexibility index (Phi) is 4.74. The van der Waals surface area contributed by atoms with Gasteiger partial charge in [-0.3, -0.25) is 9.59 Å². The molecule has 22 heavy (non-hydrogen) atoms. The van der Waals surface area contributed by atoms with E-state index in [1.807, 2.05) is 24.3 Å². The van der Waals surface area contributed by atoms with Gasteiger partial charge in [0.15, 0.2) is 0 Å². The summed E-state index contributed by atoms with van der Waals surface area (Å²) in [7, 11) is 0. The highest BCUT2D eigenvalue weighted by Crippen LogP contribution is 2.31. The number of hydrogen-bond acceptors (Lipinski definition) is 3. The predicted molar refractivity (Wildman–Crippen MR) is 86.3 cm³/mol. The summed E-state index contributed by atoms with van der Waals surface area (Å²) in [4.78, 5) is 27.6. The number of hydrogen-bond donors (Lipinski definition) is 1. The Labute approximate surface area is 131 Å². The van der Waals surface area contributed by atoms with E-state index in [1.54, 1.807) is 11.8 Å². The molecule has 2 rings (SSSR count). The minimum atomic E-state index is -0.834. The van der Waals surface area contributed by atoms with Crippen LogP contribution in [0.2, 0.25) is 0 Å². The highest BCUT2D eigenvalue weighted by atomic mass is 16.4. The van der Waals surface area contributed by atoms with Crippen molar-refractivity contribution in [1.82, 2.24) is 4.90 Å². The van der Waals surface area contributed by atoms with Gasteiger partial charge in [0.1, 0.15) is 0 Å². The van der Waals surface area contributed by atoms with E-state index in [-0.39, 0.29) is 12.5 Å². The van der Waals surface area contributed by atoms with Crippen LogP contribution in [0.15, 0.2) is 24.3 Å². The van der Waals surface area contributed by atoms with Crippen LogP contribution in [0.1, 0.15) is 37.6 Å². The van der Waals surface area contributed by atoms with E-state index < -0.39 is 11.4 Å². The van der Waals surface area contributed by atoms with Gasteiger partial charge in [0.25, 0.3) is 5.91 Å². The van der Waals surface area contributed by atoms with Crippen molar-refractivity contribution in [1.29, 1.82) is 0 Å². The predicted octanol–water partition coefficient (Wildman–Crippen LogP) is 2.47. The molecule has 1 unspecified atom stereocenters. The Morgan fingerprint density at radius 1 is 1.23 bits per heavy atom. The highest BCUT2D eigenvalue weighted by Gasteiger charge is 2.42. The summed E-state index contributed by atoms with van der Waals surface area (Å²) in [6.45, 7) is 8.52. The maximum atomic E-state index is 12.5. The Bertz CT molecular complexity index is 552. The molecule has 0 aliphatic carbocycles. The third kappa shape index (κ3) is 3.08. The van der Waals surface area contributed by atoms with Gasteiger partial charge in [-0.25, -0.2) is 0 Å². The summed E-state index contributed by atoms with van der Waals surface area (Å²) in [5.74, 6) is -0.921.